The van der Waals surface area contributed by atoms with E-state index in [0.29, 0.717) is 0 Å². The maximum atomic E-state index is 7.50. The molecule has 0 unspecified atom stereocenters. The third-order valence-electron chi connectivity index (χ3n) is 2.50. The number of hydrogen-bond acceptors (Lipinski definition) is 0. The van der Waals surface area contributed by atoms with Gasteiger partial charge in [-0.25, -0.2) is 0 Å². The van der Waals surface area contributed by atoms with Crippen molar-refractivity contribution in [2.75, 3.05) is 0 Å². The summed E-state index contributed by atoms with van der Waals surface area (Å²) >= 11 is 3.33. The van der Waals surface area contributed by atoms with Crippen LogP contribution in [0.4, 0.5) is 0 Å². The van der Waals surface area contributed by atoms with Gasteiger partial charge < -0.3 is 12.4 Å². The fraction of sp³-hybridized carbons (Fsp3) is 0.524. The second-order valence-electron chi connectivity index (χ2n) is 3.54. The molecule has 0 atom stereocenters. The molecule has 0 aromatic carbocycles. The van der Waals surface area contributed by atoms with Crippen molar-refractivity contribution in [1.82, 2.24) is 0 Å². The summed E-state index contributed by atoms with van der Waals surface area (Å²) in [7, 11) is 0. The summed E-state index contributed by atoms with van der Waals surface area (Å²) in [5.41, 5.74) is 0. The van der Waals surface area contributed by atoms with Gasteiger partial charge in [-0.3, -0.25) is 0 Å². The Balaban J connectivity index is -0.0000000104. The fourth-order valence-electron chi connectivity index (χ4n) is 1.77. The Morgan fingerprint density at radius 1 is 0.361 bits per heavy atom. The summed E-state index contributed by atoms with van der Waals surface area (Å²) in [6.07, 6.45) is 15.0. The van der Waals surface area contributed by atoms with Gasteiger partial charge in [0.25, 0.3) is 0 Å². The average Bonchev–Trinajstić information content (AvgIpc) is 3.77. The third-order valence-corrected chi connectivity index (χ3v) is 2.50. The van der Waals surface area contributed by atoms with Gasteiger partial charge in [0.05, 0.1) is 0 Å². The minimum atomic E-state index is 0. The zero-order valence-corrected chi connectivity index (χ0v) is 32.8. The molecule has 2 rings (SSSR count). The normalized spacial score (nSPS) is 7.44. The zero-order chi connectivity index (χ0) is 29.1. The van der Waals surface area contributed by atoms with Crippen molar-refractivity contribution < 1.29 is 139 Å². The summed E-state index contributed by atoms with van der Waals surface area (Å²) in [6, 6.07) is 0. The van der Waals surface area contributed by atoms with Gasteiger partial charge >= 0.3 is 154 Å². The van der Waals surface area contributed by atoms with Gasteiger partial charge in [-0.1, -0.05) is 64.2 Å². The van der Waals surface area contributed by atoms with Gasteiger partial charge in [-0.2, -0.15) is 6.92 Å². The Labute approximate surface area is 274 Å². The van der Waals surface area contributed by atoms with Gasteiger partial charge in [-0.05, 0) is 0 Å². The Morgan fingerprint density at radius 3 is 0.417 bits per heavy atom. The van der Waals surface area contributed by atoms with Crippen molar-refractivity contribution >= 4 is 0 Å². The van der Waals surface area contributed by atoms with Crippen LogP contribution in [0.5, 0.6) is 0 Å². The molecular weight excluding hydrogens is 1350 g/mol. The van der Waals surface area contributed by atoms with Gasteiger partial charge in [0.2, 0.25) is 0 Å². The van der Waals surface area contributed by atoms with Crippen molar-refractivity contribution in [2.45, 2.75) is 71.1 Å². The van der Waals surface area contributed by atoms with Crippen LogP contribution in [-0.4, -0.2) is 5.48 Å². The van der Waals surface area contributed by atoms with Gasteiger partial charge in [-0.15, -0.1) is 0 Å². The first-order valence-corrected chi connectivity index (χ1v) is 18.7. The van der Waals surface area contributed by atoms with E-state index >= 15 is 0 Å². The summed E-state index contributed by atoms with van der Waals surface area (Å²) in [4.78, 5) is 0. The van der Waals surface area contributed by atoms with Crippen LogP contribution in [-0.2, 0) is 134 Å². The summed E-state index contributed by atoms with van der Waals surface area (Å²) < 4.78 is 67.5. The Morgan fingerprint density at radius 2 is 0.389 bits per heavy atom. The van der Waals surface area contributed by atoms with Crippen LogP contribution in [0.25, 0.3) is 0 Å². The first-order chi connectivity index (χ1) is 16.0. The van der Waals surface area contributed by atoms with Crippen molar-refractivity contribution in [3.8, 4) is 0 Å². The van der Waals surface area contributed by atoms with E-state index in [0.717, 1.165) is 0 Å². The molecule has 15 heteroatoms. The first-order valence-electron chi connectivity index (χ1n) is 7.71. The molecule has 0 aromatic rings. The SMILES string of the molecule is C1CCCC1.C1CCCC1.O.[C-]#[O+].[C-]#[O+].[C-]#[O+].[C-]#[O+].[C-]#[O+].[C-]#[O+].[C-]#[O+].[C-]#[O+].[C-]#[O+].[CH2-]C.[Os+].[Os].[Os].[W]=[W]. The number of hydrogen-bond donors (Lipinski definition) is 0. The van der Waals surface area contributed by atoms with Gasteiger partial charge in [0, 0.05) is 39.6 Å². The third kappa shape index (κ3) is 337. The summed E-state index contributed by atoms with van der Waals surface area (Å²) in [5, 5.41) is 0. The summed E-state index contributed by atoms with van der Waals surface area (Å²) in [5.74, 6) is 0. The quantitative estimate of drug-likeness (QED) is 0.252. The predicted molar refractivity (Wildman–Crippen MR) is 96.2 cm³/mol. The predicted octanol–water partition coefficient (Wildman–Crippen LogP) is 3.57. The molecule has 2 fully saturated rings. The van der Waals surface area contributed by atoms with E-state index in [9.17, 15) is 0 Å². The van der Waals surface area contributed by atoms with E-state index < -0.39 is 0 Å². The van der Waals surface area contributed by atoms with E-state index in [1.54, 1.807) is 39.4 Å². The topological polar surface area (TPSA) is 211 Å². The van der Waals surface area contributed by atoms with Crippen LogP contribution in [0.2, 0.25) is 0 Å². The van der Waals surface area contributed by atoms with Crippen LogP contribution in [0, 0.1) is 66.8 Å². The maximum absolute atomic E-state index is 7.50. The standard InChI is InChI=1S/2C5H10.C2H5.9CO.H2O.3Os.2W/c2*1-2-4-5-3-1;10*1-2;;;;;;/h2*1-5H2;1H2,2H3;;;;;;;;;;1H2;;;;;/q;;-1;;;;;;;;;;;;;+1;;. The fourth-order valence-corrected chi connectivity index (χ4v) is 1.77. The molecule has 2 saturated carbocycles. The molecule has 207 valence electrons. The summed E-state index contributed by atoms with van der Waals surface area (Å²) in [6.45, 7) is 45.5. The van der Waals surface area contributed by atoms with E-state index in [1.807, 2.05) is 0 Å². The molecule has 0 saturated heterocycles. The molecule has 0 aromatic heterocycles. The Kier molecular flexibility index (Phi) is 1010. The molecule has 0 aliphatic heterocycles. The van der Waals surface area contributed by atoms with Crippen molar-refractivity contribution in [3.63, 3.8) is 0 Å². The molecule has 1 radical (unpaired) electrons. The van der Waals surface area contributed by atoms with Crippen LogP contribution < -0.4 is 0 Å². The monoisotopic (exact) mass is 1380 g/mol. The molecule has 0 heterocycles. The van der Waals surface area contributed by atoms with Gasteiger partial charge in [0.15, 0.2) is 0 Å². The van der Waals surface area contributed by atoms with Crippen molar-refractivity contribution in [3.05, 3.63) is 66.8 Å². The van der Waals surface area contributed by atoms with Crippen LogP contribution in [0.3, 0.4) is 0 Å². The molecule has 10 nitrogen and oxygen atoms in total. The molecule has 36 heavy (non-hydrogen) atoms. The molecule has 2 aliphatic carbocycles. The minimum absolute atomic E-state index is 0. The molecule has 0 bridgehead atoms. The van der Waals surface area contributed by atoms with Crippen molar-refractivity contribution in [1.29, 1.82) is 0 Å². The van der Waals surface area contributed by atoms with Crippen LogP contribution in [0.15, 0.2) is 0 Å². The molecule has 0 spiro atoms. The van der Waals surface area contributed by atoms with Crippen molar-refractivity contribution in [2.24, 2.45) is 0 Å². The van der Waals surface area contributed by atoms with E-state index in [1.165, 1.54) is 64.2 Å². The first kappa shape index (κ1) is 99.2. The van der Waals surface area contributed by atoms with E-state index in [2.05, 4.69) is 66.8 Å². The van der Waals surface area contributed by atoms with Gasteiger partial charge in [0.1, 0.15) is 0 Å². The second kappa shape index (κ2) is 368. The zero-order valence-electron chi connectivity index (χ0n) is 19.3. The Hall–Kier alpha value is 0.906. The molecule has 2 N–H and O–H groups in total. The molecular formula is C21H27O10Os3W2. The van der Waals surface area contributed by atoms with E-state index in [4.69, 9.17) is 41.9 Å². The Bertz CT molecular complexity index is 291. The van der Waals surface area contributed by atoms with Crippen LogP contribution in [0.1, 0.15) is 71.1 Å². The average molecular weight is 1380 g/mol. The molecule has 0 amide bonds. The van der Waals surface area contributed by atoms with E-state index in [-0.39, 0.29) is 64.8 Å². The number of rotatable bonds is 0. The molecule has 2 aliphatic rings. The second-order valence-corrected chi connectivity index (χ2v) is 3.54. The van der Waals surface area contributed by atoms with Crippen LogP contribution >= 0.6 is 0 Å².